The van der Waals surface area contributed by atoms with E-state index < -0.39 is 16.3 Å². The molecule has 0 N–H and O–H groups in total. The third-order valence-electron chi connectivity index (χ3n) is 15.3. The molecule has 2 aromatic heterocycles. The number of halogens is 14. The maximum atomic E-state index is 13.1. The van der Waals surface area contributed by atoms with Crippen molar-refractivity contribution in [2.45, 2.75) is 79.1 Å². The summed E-state index contributed by atoms with van der Waals surface area (Å²) in [5.41, 5.74) is 11.4. The zero-order chi connectivity index (χ0) is 65.2. The van der Waals surface area contributed by atoms with Crippen molar-refractivity contribution in [2.24, 2.45) is 0 Å². The molecule has 6 aliphatic rings. The van der Waals surface area contributed by atoms with Crippen molar-refractivity contribution in [3.8, 4) is 40.9 Å². The molecule has 0 unspecified atom stereocenters. The van der Waals surface area contributed by atoms with Gasteiger partial charge in [-0.05, 0) is 0 Å². The predicted molar refractivity (Wildman–Crippen MR) is 361 cm³/mol. The number of rotatable bonds is 8. The summed E-state index contributed by atoms with van der Waals surface area (Å²) in [7, 11) is -4.16. The predicted octanol–water partition coefficient (Wildman–Crippen LogP) is 12.6. The summed E-state index contributed by atoms with van der Waals surface area (Å²) in [6.45, 7) is 23.6. The molecule has 1 amide bonds. The fourth-order valence-electron chi connectivity index (χ4n) is 10.5. The Balaban J connectivity index is 0.000000304. The van der Waals surface area contributed by atoms with Crippen LogP contribution < -0.4 is 39.1 Å². The number of carbonyl (C=O) groups is 1. The maximum Gasteiger partial charge on any atom is -1.00 e. The van der Waals surface area contributed by atoms with Gasteiger partial charge in [-0.3, -0.25) is 0 Å². The second kappa shape index (κ2) is 30.1. The number of alkyl halides is 2. The van der Waals surface area contributed by atoms with Crippen molar-refractivity contribution < 1.29 is 56.2 Å². The minimum Gasteiger partial charge on any atom is -1.00 e. The molecular formula is C61H74Cl2F12N6OP2S3Se2. The molecule has 0 atom stereocenters. The van der Waals surface area contributed by atoms with Crippen LogP contribution in [0.4, 0.5) is 53.3 Å². The number of nitrogens with zero attached hydrogens (tertiary/aromatic N) is 6. The Morgan fingerprint density at radius 3 is 1.25 bits per heavy atom. The fourth-order valence-corrected chi connectivity index (χ4v) is 17.9. The molecule has 0 fully saturated rings. The van der Waals surface area contributed by atoms with Gasteiger partial charge in [0.25, 0.3) is 0 Å². The van der Waals surface area contributed by atoms with E-state index in [-0.39, 0.29) is 60.5 Å². The van der Waals surface area contributed by atoms with Crippen molar-refractivity contribution in [1.29, 1.82) is 0 Å². The molecular weight excluding hydrogens is 1450 g/mol. The zero-order valence-corrected chi connectivity index (χ0v) is 60.9. The molecule has 0 bridgehead atoms. The van der Waals surface area contributed by atoms with Gasteiger partial charge < -0.3 is 9.41 Å². The summed E-state index contributed by atoms with van der Waals surface area (Å²) in [6.07, 6.45) is 2.33. The Morgan fingerprint density at radius 1 is 0.573 bits per heavy atom. The third kappa shape index (κ3) is 20.1. The fraction of sp³-hybridized carbons (Fsp3) is 0.410. The molecule has 0 saturated carbocycles. The molecule has 0 saturated heterocycles. The minimum absolute atomic E-state index is 0. The van der Waals surface area contributed by atoms with E-state index in [2.05, 4.69) is 187 Å². The molecule has 10 rings (SSSR count). The third-order valence-corrected chi connectivity index (χ3v) is 22.8. The van der Waals surface area contributed by atoms with Gasteiger partial charge in [-0.2, -0.15) is 0 Å². The van der Waals surface area contributed by atoms with Gasteiger partial charge in [0.05, 0.1) is 5.34 Å². The van der Waals surface area contributed by atoms with Crippen LogP contribution in [0.1, 0.15) is 93.9 Å². The van der Waals surface area contributed by atoms with Crippen molar-refractivity contribution in [1.82, 2.24) is 19.0 Å². The number of thiocarbonyl (C=S) groups is 1. The van der Waals surface area contributed by atoms with E-state index in [4.69, 9.17) is 35.4 Å². The Hall–Kier alpha value is -3.78. The number of thiophene rings is 2. The largest absolute Gasteiger partial charge is 1.00 e. The number of benzene rings is 4. The van der Waals surface area contributed by atoms with E-state index >= 15 is 0 Å². The second-order valence-corrected chi connectivity index (χ2v) is 33.1. The van der Waals surface area contributed by atoms with Crippen LogP contribution in [0.3, 0.4) is 0 Å². The quantitative estimate of drug-likeness (QED) is 0.0288. The standard InChI is InChI=1S/C30H36N3OSSe.C30H36N3S2Se.CH2Cl2.2F5P.2FH/c2*1-8-33(9-2)29(34)25-13-12-24(35-25)28-20-11-10-19(31(5)6)16-26(20)36-27-18-23-22(17-21(27)28)30(3,4)14-15-32(23)7;2-1-3;2*1-6(2,3,4)5;;/h2*10-13,16-18H,8-9,14-15H2,1-7H3;1H2;;;2*1H/q2*+1;;;;;/p-2. The van der Waals surface area contributed by atoms with Gasteiger partial charge in [-0.15, -0.1) is 23.2 Å². The summed E-state index contributed by atoms with van der Waals surface area (Å²) in [5, 5.41) is 5.47. The molecule has 6 heterocycles. The van der Waals surface area contributed by atoms with E-state index in [1.165, 1.54) is 105 Å². The van der Waals surface area contributed by atoms with Gasteiger partial charge >= 0.3 is 515 Å². The smallest absolute Gasteiger partial charge is 1.00 e. The first kappa shape index (κ1) is 77.7. The molecule has 0 radical (unpaired) electrons. The van der Waals surface area contributed by atoms with E-state index in [9.17, 15) is 46.8 Å². The second-order valence-electron chi connectivity index (χ2n) is 22.6. The first-order valence-corrected chi connectivity index (χ1v) is 37.7. The molecule has 2 aliphatic carbocycles. The summed E-state index contributed by atoms with van der Waals surface area (Å²) in [5.74, 6) is 0.133. The Kier molecular flexibility index (Phi) is 26.3. The van der Waals surface area contributed by atoms with Gasteiger partial charge in [0, 0.05) is 0 Å². The normalized spacial score (nSPS) is 14.8. The van der Waals surface area contributed by atoms with Crippen LogP contribution in [-0.4, -0.2) is 137 Å². The molecule has 89 heavy (non-hydrogen) atoms. The van der Waals surface area contributed by atoms with E-state index in [1.54, 1.807) is 11.3 Å². The van der Waals surface area contributed by atoms with Gasteiger partial charge in [-0.25, -0.2) is 0 Å². The van der Waals surface area contributed by atoms with Crippen LogP contribution in [0, 0.1) is 0 Å². The molecule has 4 aliphatic heterocycles. The zero-order valence-electron chi connectivity index (χ0n) is 51.8. The number of carbonyl (C=O) groups excluding carboxylic acids is 1. The van der Waals surface area contributed by atoms with Crippen LogP contribution >= 0.6 is 74.4 Å². The van der Waals surface area contributed by atoms with Gasteiger partial charge in [-0.1, -0.05) is 0 Å². The molecule has 4 aromatic rings. The Labute approximate surface area is 549 Å². The van der Waals surface area contributed by atoms with Crippen molar-refractivity contribution in [3.63, 3.8) is 0 Å². The molecule has 0 spiro atoms. The maximum absolute atomic E-state index is 13.1. The van der Waals surface area contributed by atoms with Crippen LogP contribution in [0.25, 0.3) is 60.2 Å². The summed E-state index contributed by atoms with van der Waals surface area (Å²) >= 11 is 19.4. The topological polar surface area (TPSA) is 36.1 Å². The van der Waals surface area contributed by atoms with Crippen LogP contribution in [0.2, 0.25) is 0 Å². The Morgan fingerprint density at radius 2 is 0.910 bits per heavy atom. The first-order valence-electron chi connectivity index (χ1n) is 27.8. The van der Waals surface area contributed by atoms with Crippen LogP contribution in [0.15, 0.2) is 84.9 Å². The minimum atomic E-state index is -8.55. The molecule has 7 nitrogen and oxygen atoms in total. The van der Waals surface area contributed by atoms with Crippen molar-refractivity contribution in [2.75, 3.05) is 96.7 Å². The number of hydrogen-bond donors (Lipinski definition) is 0. The summed E-state index contributed by atoms with van der Waals surface area (Å²) < 4.78 is 109. The monoisotopic (exact) mass is 1520 g/mol. The van der Waals surface area contributed by atoms with E-state index in [0.29, 0.717) is 0 Å². The van der Waals surface area contributed by atoms with Gasteiger partial charge in [0.1, 0.15) is 0 Å². The Bertz CT molecular complexity index is 3620. The van der Waals surface area contributed by atoms with Crippen molar-refractivity contribution >= 4 is 145 Å². The summed E-state index contributed by atoms with van der Waals surface area (Å²) in [4.78, 5) is 27.7. The van der Waals surface area contributed by atoms with Crippen LogP contribution in [-0.2, 0) is 10.8 Å². The average Bonchev–Trinajstić information content (AvgIpc) is 1.86. The SMILES string of the molecule is CCN(CC)C(=O)c1ccc(-c2c3ccc(=[N+](C)C)cc-3[se]c3cc4c(cc23)C(C)(C)CCN4C)s1.CCN(CC)C(=S)c1ccc(-c2c3ccc(=[N+](C)C)cc-3[se]c3cc4c(cc23)C(C)(C)CCN4C)s1.ClCCl.FP(F)(F)(F)F.FP(F)(F)(F)F.[F-].[F-]. The number of amides is 1. The average molecular weight is 1520 g/mol. The van der Waals surface area contributed by atoms with E-state index in [0.717, 1.165) is 55.6 Å². The molecule has 2 aromatic carbocycles. The van der Waals surface area contributed by atoms with Gasteiger partial charge in [0.2, 0.25) is 0 Å². The number of hydrogen-bond acceptors (Lipinski definition) is 6. The first-order chi connectivity index (χ1) is 40.2. The molecule has 28 heteroatoms. The van der Waals surface area contributed by atoms with E-state index in [1.807, 2.05) is 36.2 Å². The number of fused-ring (bicyclic) bond motifs is 6. The van der Waals surface area contributed by atoms with Crippen molar-refractivity contribution in [3.05, 3.63) is 117 Å². The summed E-state index contributed by atoms with van der Waals surface area (Å²) in [6, 6.07) is 32.6. The van der Waals surface area contributed by atoms with Gasteiger partial charge in [0.15, 0.2) is 0 Å². The molecule has 492 valence electrons. The number of anilines is 2. The van der Waals surface area contributed by atoms with Crippen LogP contribution in [0.5, 0.6) is 0 Å².